The largest absolute Gasteiger partial charge is 0.394 e. The van der Waals surface area contributed by atoms with Gasteiger partial charge in [-0.25, -0.2) is 9.07 Å². The van der Waals surface area contributed by atoms with E-state index in [1.54, 1.807) is 0 Å². The lowest BCUT2D eigenvalue weighted by atomic mass is 9.88. The van der Waals surface area contributed by atoms with E-state index in [0.29, 0.717) is 5.92 Å². The topological polar surface area (TPSA) is 69.4 Å². The summed E-state index contributed by atoms with van der Waals surface area (Å²) in [6, 6.07) is 15.2. The van der Waals surface area contributed by atoms with Gasteiger partial charge in [-0.05, 0) is 67.3 Å². The van der Waals surface area contributed by atoms with Gasteiger partial charge in [-0.2, -0.15) is 0 Å². The number of benzene rings is 2. The molecule has 2 aromatic carbocycles. The number of halogens is 1. The van der Waals surface area contributed by atoms with E-state index in [9.17, 15) is 9.50 Å². The van der Waals surface area contributed by atoms with E-state index in [1.807, 2.05) is 16.8 Å². The van der Waals surface area contributed by atoms with Gasteiger partial charge in [0, 0.05) is 18.5 Å². The molecule has 3 aromatic rings. The third-order valence-electron chi connectivity index (χ3n) is 7.72. The standard InChI is InChI=1S/C28H32FN3O3/c29-22-10-8-20(9-11-22)19-4-1-18(2-5-19)3-13-26-25(32-16-24(30-31-32)21-6-7-21)15-28-27(35-26)14-12-23(17-33)34-28/h1-2,4-5,8-11,16,21,23,25-28,33H,3,6-7,12-15,17H2/t23-,25+,26+,27-,28-/m0/s1. The highest BCUT2D eigenvalue weighted by Crippen LogP contribution is 2.41. The number of rotatable bonds is 7. The summed E-state index contributed by atoms with van der Waals surface area (Å²) < 4.78 is 28.0. The van der Waals surface area contributed by atoms with Gasteiger partial charge in [0.05, 0.1) is 42.8 Å². The smallest absolute Gasteiger partial charge is 0.123 e. The van der Waals surface area contributed by atoms with Gasteiger partial charge in [0.15, 0.2) is 0 Å². The average Bonchev–Trinajstić information content (AvgIpc) is 3.64. The number of hydrogen-bond donors (Lipinski definition) is 1. The summed E-state index contributed by atoms with van der Waals surface area (Å²) in [4.78, 5) is 0. The Balaban J connectivity index is 1.16. The lowest BCUT2D eigenvalue weighted by Crippen LogP contribution is -2.51. The first-order chi connectivity index (χ1) is 17.2. The molecule has 3 aliphatic rings. The van der Waals surface area contributed by atoms with E-state index < -0.39 is 0 Å². The van der Waals surface area contributed by atoms with Crippen LogP contribution >= 0.6 is 0 Å². The SMILES string of the molecule is OC[C@@H]1CC[C@@H]2O[C@H](CCc3ccc(-c4ccc(F)cc4)cc3)[C@H](n3cc(C4CC4)nn3)C[C@@H]2O1. The van der Waals surface area contributed by atoms with Crippen molar-refractivity contribution < 1.29 is 19.0 Å². The van der Waals surface area contributed by atoms with Gasteiger partial charge in [0.25, 0.3) is 0 Å². The molecular weight excluding hydrogens is 445 g/mol. The highest BCUT2D eigenvalue weighted by Gasteiger charge is 2.43. The van der Waals surface area contributed by atoms with E-state index >= 15 is 0 Å². The summed E-state index contributed by atoms with van der Waals surface area (Å²) in [6.45, 7) is 0.0559. The fourth-order valence-corrected chi connectivity index (χ4v) is 5.51. The molecule has 1 aliphatic carbocycles. The molecule has 2 saturated heterocycles. The van der Waals surface area contributed by atoms with E-state index in [-0.39, 0.29) is 42.9 Å². The molecule has 5 atom stereocenters. The molecule has 6 nitrogen and oxygen atoms in total. The molecule has 0 bridgehead atoms. The molecule has 0 unspecified atom stereocenters. The van der Waals surface area contributed by atoms with Crippen molar-refractivity contribution in [1.82, 2.24) is 15.0 Å². The maximum atomic E-state index is 13.2. The zero-order valence-electron chi connectivity index (χ0n) is 19.8. The van der Waals surface area contributed by atoms with Crippen molar-refractivity contribution in [1.29, 1.82) is 0 Å². The number of aliphatic hydroxyl groups is 1. The number of aryl methyl sites for hydroxylation is 1. The highest BCUT2D eigenvalue weighted by atomic mass is 19.1. The molecule has 1 saturated carbocycles. The quantitative estimate of drug-likeness (QED) is 0.528. The van der Waals surface area contributed by atoms with Crippen LogP contribution < -0.4 is 0 Å². The van der Waals surface area contributed by atoms with Crippen molar-refractivity contribution in [2.24, 2.45) is 0 Å². The fraction of sp³-hybridized carbons (Fsp3) is 0.500. The Bertz CT molecular complexity index is 1130. The van der Waals surface area contributed by atoms with Crippen molar-refractivity contribution in [2.75, 3.05) is 6.61 Å². The van der Waals surface area contributed by atoms with Crippen LogP contribution in [0.25, 0.3) is 11.1 Å². The van der Waals surface area contributed by atoms with Crippen LogP contribution in [0, 0.1) is 5.82 Å². The summed E-state index contributed by atoms with van der Waals surface area (Å²) in [5, 5.41) is 18.5. The number of hydrogen-bond acceptors (Lipinski definition) is 5. The zero-order valence-corrected chi connectivity index (χ0v) is 19.8. The number of nitrogens with zero attached hydrogens (tertiary/aromatic N) is 3. The van der Waals surface area contributed by atoms with E-state index in [0.717, 1.165) is 48.9 Å². The molecule has 184 valence electrons. The molecule has 1 aromatic heterocycles. The van der Waals surface area contributed by atoms with Crippen LogP contribution in [0.4, 0.5) is 4.39 Å². The van der Waals surface area contributed by atoms with Gasteiger partial charge >= 0.3 is 0 Å². The molecule has 7 heteroatoms. The van der Waals surface area contributed by atoms with Crippen molar-refractivity contribution in [2.45, 2.75) is 81.3 Å². The Morgan fingerprint density at radius 2 is 1.66 bits per heavy atom. The van der Waals surface area contributed by atoms with Crippen molar-refractivity contribution in [3.05, 3.63) is 71.8 Å². The summed E-state index contributed by atoms with van der Waals surface area (Å²) in [5.41, 5.74) is 4.42. The Hall–Kier alpha value is -2.61. The van der Waals surface area contributed by atoms with Crippen LogP contribution in [-0.4, -0.2) is 51.1 Å². The van der Waals surface area contributed by atoms with Gasteiger partial charge in [0.2, 0.25) is 0 Å². The van der Waals surface area contributed by atoms with Gasteiger partial charge in [-0.3, -0.25) is 0 Å². The second-order valence-electron chi connectivity index (χ2n) is 10.2. The molecule has 2 aliphatic heterocycles. The number of aliphatic hydroxyl groups excluding tert-OH is 1. The zero-order chi connectivity index (χ0) is 23.8. The monoisotopic (exact) mass is 477 g/mol. The number of aromatic nitrogens is 3. The second-order valence-corrected chi connectivity index (χ2v) is 10.2. The maximum Gasteiger partial charge on any atom is 0.123 e. The molecule has 1 N–H and O–H groups in total. The van der Waals surface area contributed by atoms with E-state index in [2.05, 4.69) is 40.8 Å². The molecule has 0 radical (unpaired) electrons. The molecular formula is C28H32FN3O3. The second kappa shape index (κ2) is 9.80. The third-order valence-corrected chi connectivity index (χ3v) is 7.72. The predicted molar refractivity (Wildman–Crippen MR) is 129 cm³/mol. The van der Waals surface area contributed by atoms with Crippen molar-refractivity contribution >= 4 is 0 Å². The Morgan fingerprint density at radius 1 is 0.914 bits per heavy atom. The van der Waals surface area contributed by atoms with Gasteiger partial charge in [0.1, 0.15) is 5.82 Å². The summed E-state index contributed by atoms with van der Waals surface area (Å²) in [7, 11) is 0. The molecule has 0 spiro atoms. The molecule has 3 heterocycles. The van der Waals surface area contributed by atoms with Crippen LogP contribution in [0.15, 0.2) is 54.7 Å². The van der Waals surface area contributed by atoms with Crippen LogP contribution in [0.1, 0.15) is 61.7 Å². The summed E-state index contributed by atoms with van der Waals surface area (Å²) >= 11 is 0. The lowest BCUT2D eigenvalue weighted by molar-refractivity contribution is -0.209. The average molecular weight is 478 g/mol. The molecule has 35 heavy (non-hydrogen) atoms. The fourth-order valence-electron chi connectivity index (χ4n) is 5.51. The van der Waals surface area contributed by atoms with E-state index in [1.165, 1.54) is 30.5 Å². The maximum absolute atomic E-state index is 13.2. The van der Waals surface area contributed by atoms with Crippen molar-refractivity contribution in [3.8, 4) is 11.1 Å². The lowest BCUT2D eigenvalue weighted by Gasteiger charge is -2.45. The Labute approximate surface area is 205 Å². The normalized spacial score (nSPS) is 28.6. The Morgan fingerprint density at radius 3 is 2.37 bits per heavy atom. The number of fused-ring (bicyclic) bond motifs is 1. The number of ether oxygens (including phenoxy) is 2. The molecule has 3 fully saturated rings. The predicted octanol–water partition coefficient (Wildman–Crippen LogP) is 4.83. The van der Waals surface area contributed by atoms with Gasteiger partial charge in [-0.1, -0.05) is 41.6 Å². The van der Waals surface area contributed by atoms with Crippen molar-refractivity contribution in [3.63, 3.8) is 0 Å². The van der Waals surface area contributed by atoms with Gasteiger partial charge < -0.3 is 14.6 Å². The van der Waals surface area contributed by atoms with Crippen LogP contribution in [0.2, 0.25) is 0 Å². The molecule has 6 rings (SSSR count). The minimum absolute atomic E-state index is 0.0225. The van der Waals surface area contributed by atoms with Crippen LogP contribution in [-0.2, 0) is 15.9 Å². The minimum atomic E-state index is -0.221. The van der Waals surface area contributed by atoms with Gasteiger partial charge in [-0.15, -0.1) is 5.10 Å². The minimum Gasteiger partial charge on any atom is -0.394 e. The van der Waals surface area contributed by atoms with Crippen LogP contribution in [0.5, 0.6) is 0 Å². The first-order valence-electron chi connectivity index (χ1n) is 12.8. The third kappa shape index (κ3) is 5.03. The Kier molecular flexibility index (Phi) is 6.39. The summed E-state index contributed by atoms with van der Waals surface area (Å²) in [6.07, 6.45) is 8.80. The van der Waals surface area contributed by atoms with Crippen LogP contribution in [0.3, 0.4) is 0 Å². The van der Waals surface area contributed by atoms with E-state index in [4.69, 9.17) is 9.47 Å². The summed E-state index contributed by atoms with van der Waals surface area (Å²) in [5.74, 6) is 0.338. The first-order valence-corrected chi connectivity index (χ1v) is 12.8. The highest BCUT2D eigenvalue weighted by molar-refractivity contribution is 5.63. The molecule has 0 amide bonds. The first kappa shape index (κ1) is 22.8.